The molecule has 0 saturated carbocycles. The van der Waals surface area contributed by atoms with E-state index >= 15 is 0 Å². The third kappa shape index (κ3) is 7.40. The van der Waals surface area contributed by atoms with Crippen molar-refractivity contribution in [2.75, 3.05) is 22.1 Å². The minimum atomic E-state index is -4.52. The molecule has 3 aliphatic rings. The first kappa shape index (κ1) is 37.6. The second-order valence-electron chi connectivity index (χ2n) is 14.8. The van der Waals surface area contributed by atoms with Crippen molar-refractivity contribution in [2.24, 2.45) is 0 Å². The van der Waals surface area contributed by atoms with Crippen LogP contribution in [0.15, 0.2) is 59.0 Å². The monoisotopic (exact) mass is 792 g/mol. The summed E-state index contributed by atoms with van der Waals surface area (Å²) in [6.07, 6.45) is 2.98. The van der Waals surface area contributed by atoms with Gasteiger partial charge >= 0.3 is 23.1 Å². The summed E-state index contributed by atoms with van der Waals surface area (Å²) < 4.78 is 74.9. The molecule has 0 bridgehead atoms. The molecule has 18 heteroatoms. The summed E-state index contributed by atoms with van der Waals surface area (Å²) >= 11 is 0. The van der Waals surface area contributed by atoms with Crippen molar-refractivity contribution in [3.05, 3.63) is 76.9 Å². The van der Waals surface area contributed by atoms with Gasteiger partial charge in [-0.05, 0) is 68.7 Å². The van der Waals surface area contributed by atoms with Crippen LogP contribution in [-0.2, 0) is 34.7 Å². The third-order valence-corrected chi connectivity index (χ3v) is 10.6. The highest BCUT2D eigenvalue weighted by Gasteiger charge is 2.36. The zero-order valence-corrected chi connectivity index (χ0v) is 31.3. The number of hydrogen-bond donors (Lipinski definition) is 5. The summed E-state index contributed by atoms with van der Waals surface area (Å²) in [4.78, 5) is 55.4. The van der Waals surface area contributed by atoms with E-state index in [1.54, 1.807) is 64.1 Å². The largest absolute Gasteiger partial charge is 0.478 e. The van der Waals surface area contributed by atoms with E-state index < -0.39 is 72.1 Å². The van der Waals surface area contributed by atoms with Crippen molar-refractivity contribution in [2.45, 2.75) is 51.6 Å². The predicted octanol–water partition coefficient (Wildman–Crippen LogP) is 5.40. The molecule has 55 heavy (non-hydrogen) atoms. The topological polar surface area (TPSA) is 245 Å². The van der Waals surface area contributed by atoms with Gasteiger partial charge < -0.3 is 20.6 Å². The molecule has 0 spiro atoms. The van der Waals surface area contributed by atoms with Crippen molar-refractivity contribution >= 4 is 88.4 Å². The van der Waals surface area contributed by atoms with E-state index in [2.05, 4.69) is 10.6 Å². The fraction of sp³-hybridized carbons (Fsp3) is 0.270. The number of nitrogens with zero attached hydrogens (tertiary/aromatic N) is 1. The normalized spacial score (nSPS) is 17.5. The lowest BCUT2D eigenvalue weighted by Gasteiger charge is -2.32. The maximum absolute atomic E-state index is 13.1. The Morgan fingerprint density at radius 1 is 0.764 bits per heavy atom. The van der Waals surface area contributed by atoms with Crippen LogP contribution >= 0.6 is 0 Å². The van der Waals surface area contributed by atoms with E-state index in [9.17, 15) is 50.2 Å². The first-order valence-electron chi connectivity index (χ1n) is 16.8. The smallest absolute Gasteiger partial charge is 0.363 e. The van der Waals surface area contributed by atoms with Gasteiger partial charge in [0.2, 0.25) is 0 Å². The Morgan fingerprint density at radius 2 is 1.24 bits per heavy atom. The maximum atomic E-state index is 13.1. The molecule has 2 amide bonds. The van der Waals surface area contributed by atoms with Crippen LogP contribution in [0.3, 0.4) is 0 Å². The van der Waals surface area contributed by atoms with Crippen LogP contribution in [0.4, 0.5) is 11.4 Å². The number of carbonyl (C=O) groups excluding carboxylic acids is 3. The fourth-order valence-electron chi connectivity index (χ4n) is 7.30. The van der Waals surface area contributed by atoms with E-state index in [4.69, 9.17) is 9.25 Å². The van der Waals surface area contributed by atoms with E-state index in [0.717, 1.165) is 6.07 Å². The number of aromatic carboxylic acids is 1. The Morgan fingerprint density at radius 3 is 1.67 bits per heavy atom. The minimum absolute atomic E-state index is 0.0388. The highest BCUT2D eigenvalue weighted by atomic mass is 32.2. The number of imide groups is 1. The number of carboxylic acid groups (broad SMARTS) is 1. The van der Waals surface area contributed by atoms with E-state index in [1.807, 2.05) is 0 Å². The Kier molecular flexibility index (Phi) is 8.68. The molecule has 0 atom stereocenters. The molecule has 3 aliphatic heterocycles. The lowest BCUT2D eigenvalue weighted by atomic mass is 9.86. The number of nitrogens with one attached hydrogen (secondary N) is 2. The van der Waals surface area contributed by atoms with Gasteiger partial charge in [-0.3, -0.25) is 18.7 Å². The number of anilines is 2. The van der Waals surface area contributed by atoms with Gasteiger partial charge in [-0.1, -0.05) is 18.2 Å². The molecule has 3 aromatic carbocycles. The van der Waals surface area contributed by atoms with Crippen LogP contribution in [-0.4, -0.2) is 82.4 Å². The fourth-order valence-corrected chi connectivity index (χ4v) is 8.56. The molecule has 286 valence electrons. The van der Waals surface area contributed by atoms with Crippen LogP contribution in [0, 0.1) is 0 Å². The van der Waals surface area contributed by atoms with Crippen LogP contribution in [0.5, 0.6) is 0 Å². The molecule has 0 aliphatic carbocycles. The Hall–Kier alpha value is -5.69. The van der Waals surface area contributed by atoms with Gasteiger partial charge in [-0.2, -0.15) is 16.8 Å². The quantitative estimate of drug-likeness (QED) is 0.0649. The number of carboxylic acids is 1. The molecule has 1 saturated heterocycles. The molecular formula is C37H34N3O13S2+. The third-order valence-electron chi connectivity index (χ3n) is 9.28. The highest BCUT2D eigenvalue weighted by molar-refractivity contribution is 7.86. The molecule has 1 aromatic heterocycles. The molecule has 0 unspecified atom stereocenters. The summed E-state index contributed by atoms with van der Waals surface area (Å²) in [6, 6.07) is 9.98. The van der Waals surface area contributed by atoms with E-state index in [1.165, 1.54) is 12.1 Å². The number of carbonyl (C=O) groups is 4. The molecule has 5 N–H and O–H groups in total. The van der Waals surface area contributed by atoms with Crippen LogP contribution in [0.25, 0.3) is 44.2 Å². The van der Waals surface area contributed by atoms with Gasteiger partial charge in [-0.25, -0.2) is 14.0 Å². The first-order valence-corrected chi connectivity index (χ1v) is 20.0. The van der Waals surface area contributed by atoms with Gasteiger partial charge in [0, 0.05) is 29.5 Å². The van der Waals surface area contributed by atoms with Crippen molar-refractivity contribution in [3.63, 3.8) is 0 Å². The van der Waals surface area contributed by atoms with E-state index in [-0.39, 0.29) is 62.6 Å². The lowest BCUT2D eigenvalue weighted by Crippen LogP contribution is -2.32. The van der Waals surface area contributed by atoms with Crippen LogP contribution in [0.1, 0.15) is 72.4 Å². The van der Waals surface area contributed by atoms with Crippen molar-refractivity contribution in [3.8, 4) is 11.1 Å². The van der Waals surface area contributed by atoms with Crippen molar-refractivity contribution in [1.82, 2.24) is 5.06 Å². The Labute approximate surface area is 313 Å². The summed E-state index contributed by atoms with van der Waals surface area (Å²) in [5, 5.41) is 18.1. The van der Waals surface area contributed by atoms with E-state index in [0.29, 0.717) is 27.6 Å². The Bertz CT molecular complexity index is 2590. The average molecular weight is 793 g/mol. The zero-order chi connectivity index (χ0) is 40.0. The molecule has 0 radical (unpaired) electrons. The van der Waals surface area contributed by atoms with Crippen LogP contribution < -0.4 is 10.6 Å². The number of benzene rings is 3. The van der Waals surface area contributed by atoms with Gasteiger partial charge in [-0.15, -0.1) is 5.06 Å². The number of amides is 2. The number of hydroxylamine groups is 2. The highest BCUT2D eigenvalue weighted by Crippen LogP contribution is 2.46. The first-order chi connectivity index (χ1) is 25.5. The van der Waals surface area contributed by atoms with Crippen molar-refractivity contribution in [1.29, 1.82) is 0 Å². The summed E-state index contributed by atoms with van der Waals surface area (Å²) in [5.41, 5.74) is 0.525. The summed E-state index contributed by atoms with van der Waals surface area (Å²) in [5.74, 6) is -5.59. The summed E-state index contributed by atoms with van der Waals surface area (Å²) in [7, 11) is -9.05. The Balaban J connectivity index is 1.53. The molecule has 4 heterocycles. The number of fused-ring (bicyclic) bond motifs is 4. The van der Waals surface area contributed by atoms with Gasteiger partial charge in [0.25, 0.3) is 32.1 Å². The molecule has 4 aromatic rings. The summed E-state index contributed by atoms with van der Waals surface area (Å²) in [6.45, 7) is 7.19. The standard InChI is InChI=1S/C37H33N3O13S2/c1-36(2)14-19(16-54(46,47)48)22-10-25-29(12-27(22)38-36)52-30-13-28-23(20(17-55(49,50)51)15-37(3,4)39-28)11-26(30)33(25)21-6-5-18(9-24(21)34(43)44)35(45)53-40-31(41)7-8-32(40)42/h5-6,9-15,38-39H,7-8,16-17H2,1-4H3,(H2-,43,44,46,47,48,49,50,51)/p+1. The molecular weight excluding hydrogens is 759 g/mol. The minimum Gasteiger partial charge on any atom is -0.478 e. The zero-order valence-electron chi connectivity index (χ0n) is 29.7. The average Bonchev–Trinajstić information content (AvgIpc) is 3.35. The predicted molar refractivity (Wildman–Crippen MR) is 201 cm³/mol. The van der Waals surface area contributed by atoms with Gasteiger partial charge in [0.15, 0.2) is 0 Å². The van der Waals surface area contributed by atoms with Gasteiger partial charge in [0.1, 0.15) is 11.5 Å². The molecule has 7 rings (SSSR count). The number of hydrogen-bond acceptors (Lipinski definition) is 11. The van der Waals surface area contributed by atoms with Gasteiger partial charge in [0.05, 0.1) is 56.5 Å². The van der Waals surface area contributed by atoms with Crippen molar-refractivity contribution < 1.29 is 59.5 Å². The SMILES string of the molecule is CC1(C)C=C(CS(=O)(=O)O)c2cc3c(-c4ccc(C(=O)ON5C(=O)CCC5=O)cc4C(=O)O)c4cc5c(cc4[o+]c3cc2N1)NC(C)(C)C=C5CS(=O)(=O)O. The lowest BCUT2D eigenvalue weighted by molar-refractivity contribution is -0.172. The number of rotatable bonds is 8. The second-order valence-corrected chi connectivity index (χ2v) is 17.7. The maximum Gasteiger partial charge on any atom is 0.363 e. The van der Waals surface area contributed by atoms with Crippen LogP contribution in [0.2, 0.25) is 0 Å². The second kappa shape index (κ2) is 12.7. The molecule has 16 nitrogen and oxygen atoms in total. The molecule has 1 fully saturated rings.